The zero-order chi connectivity index (χ0) is 20.2. The van der Waals surface area contributed by atoms with Crippen LogP contribution in [0.3, 0.4) is 0 Å². The highest BCUT2D eigenvalue weighted by Gasteiger charge is 2.36. The second-order valence-electron chi connectivity index (χ2n) is 6.46. The number of halogens is 3. The number of nitro groups is 1. The standard InChI is InChI=1S/C17H19F3N2O5/c1-10(27-15(23)8-11-4-2-3-5-11)16(24)21-14-7-6-12(22(25)26)9-13(14)17(18,19)20/h6-7,9-11H,2-5,8H2,1H3,(H,21,24)/t10-/m1/s1. The first kappa shape index (κ1) is 20.7. The summed E-state index contributed by atoms with van der Waals surface area (Å²) >= 11 is 0. The van der Waals surface area contributed by atoms with Crippen LogP contribution in [0.2, 0.25) is 0 Å². The van der Waals surface area contributed by atoms with Crippen LogP contribution in [0.25, 0.3) is 0 Å². The van der Waals surface area contributed by atoms with Crippen LogP contribution in [0.5, 0.6) is 0 Å². The van der Waals surface area contributed by atoms with Gasteiger partial charge in [0.25, 0.3) is 11.6 Å². The van der Waals surface area contributed by atoms with Crippen LogP contribution >= 0.6 is 0 Å². The van der Waals surface area contributed by atoms with Gasteiger partial charge in [0.05, 0.1) is 16.2 Å². The monoisotopic (exact) mass is 388 g/mol. The van der Waals surface area contributed by atoms with Gasteiger partial charge in [0.15, 0.2) is 6.10 Å². The average Bonchev–Trinajstić information content (AvgIpc) is 3.06. The van der Waals surface area contributed by atoms with Crippen molar-refractivity contribution in [3.05, 3.63) is 33.9 Å². The number of hydrogen-bond donors (Lipinski definition) is 1. The molecule has 0 bridgehead atoms. The van der Waals surface area contributed by atoms with Crippen molar-refractivity contribution >= 4 is 23.3 Å². The van der Waals surface area contributed by atoms with Crippen molar-refractivity contribution in [1.82, 2.24) is 0 Å². The Morgan fingerprint density at radius 2 is 1.96 bits per heavy atom. The molecule has 1 amide bonds. The zero-order valence-corrected chi connectivity index (χ0v) is 14.5. The van der Waals surface area contributed by atoms with Gasteiger partial charge in [0.1, 0.15) is 0 Å². The maximum absolute atomic E-state index is 13.1. The number of non-ortho nitro benzene ring substituents is 1. The Kier molecular flexibility index (Phi) is 6.40. The molecule has 1 aliphatic rings. The van der Waals surface area contributed by atoms with E-state index >= 15 is 0 Å². The lowest BCUT2D eigenvalue weighted by molar-refractivity contribution is -0.385. The summed E-state index contributed by atoms with van der Waals surface area (Å²) < 4.78 is 44.4. The number of nitro benzene ring substituents is 1. The first-order valence-electron chi connectivity index (χ1n) is 8.44. The number of nitrogens with zero attached hydrogens (tertiary/aromatic N) is 1. The normalized spacial score (nSPS) is 16.0. The molecule has 0 heterocycles. The molecular weight excluding hydrogens is 369 g/mol. The summed E-state index contributed by atoms with van der Waals surface area (Å²) in [6.07, 6.45) is -2.14. The number of carbonyl (C=O) groups excluding carboxylic acids is 2. The highest BCUT2D eigenvalue weighted by atomic mass is 19.4. The molecule has 148 valence electrons. The quantitative estimate of drug-likeness (QED) is 0.450. The van der Waals surface area contributed by atoms with Crippen LogP contribution in [0.15, 0.2) is 18.2 Å². The number of anilines is 1. The van der Waals surface area contributed by atoms with Crippen LogP contribution in [0.4, 0.5) is 24.5 Å². The van der Waals surface area contributed by atoms with E-state index < -0.39 is 46.0 Å². The topological polar surface area (TPSA) is 98.5 Å². The van der Waals surface area contributed by atoms with Crippen molar-refractivity contribution in [3.8, 4) is 0 Å². The third-order valence-electron chi connectivity index (χ3n) is 4.38. The number of alkyl halides is 3. The first-order chi connectivity index (χ1) is 12.6. The van der Waals surface area contributed by atoms with Crippen LogP contribution in [-0.4, -0.2) is 22.9 Å². The fourth-order valence-electron chi connectivity index (χ4n) is 2.97. The Bertz CT molecular complexity index is 730. The Balaban J connectivity index is 2.05. The summed E-state index contributed by atoms with van der Waals surface area (Å²) in [5.74, 6) is -1.32. The van der Waals surface area contributed by atoms with Gasteiger partial charge in [0.2, 0.25) is 0 Å². The lowest BCUT2D eigenvalue weighted by atomic mass is 10.0. The van der Waals surface area contributed by atoms with Gasteiger partial charge >= 0.3 is 12.1 Å². The molecule has 27 heavy (non-hydrogen) atoms. The van der Waals surface area contributed by atoms with Crippen molar-refractivity contribution < 1.29 is 32.4 Å². The van der Waals surface area contributed by atoms with Gasteiger partial charge in [-0.05, 0) is 31.7 Å². The van der Waals surface area contributed by atoms with Gasteiger partial charge < -0.3 is 10.1 Å². The van der Waals surface area contributed by atoms with E-state index in [4.69, 9.17) is 4.74 Å². The van der Waals surface area contributed by atoms with Gasteiger partial charge in [-0.15, -0.1) is 0 Å². The smallest absolute Gasteiger partial charge is 0.418 e. The molecule has 7 nitrogen and oxygen atoms in total. The molecule has 1 saturated carbocycles. The number of rotatable bonds is 6. The Morgan fingerprint density at radius 3 is 2.52 bits per heavy atom. The molecular formula is C17H19F3N2O5. The number of nitrogens with one attached hydrogen (secondary N) is 1. The summed E-state index contributed by atoms with van der Waals surface area (Å²) in [7, 11) is 0. The third-order valence-corrected chi connectivity index (χ3v) is 4.38. The average molecular weight is 388 g/mol. The maximum atomic E-state index is 13.1. The Morgan fingerprint density at radius 1 is 1.33 bits per heavy atom. The van der Waals surface area contributed by atoms with Crippen molar-refractivity contribution in [2.45, 2.75) is 51.3 Å². The zero-order valence-electron chi connectivity index (χ0n) is 14.5. The summed E-state index contributed by atoms with van der Waals surface area (Å²) in [5.41, 5.74) is -2.75. The number of benzene rings is 1. The van der Waals surface area contributed by atoms with E-state index in [-0.39, 0.29) is 12.3 Å². The van der Waals surface area contributed by atoms with E-state index in [0.717, 1.165) is 37.8 Å². The molecule has 1 atom stereocenters. The SMILES string of the molecule is C[C@@H](OC(=O)CC1CCCC1)C(=O)Nc1ccc([N+](=O)[O-])cc1C(F)(F)F. The molecule has 0 saturated heterocycles. The first-order valence-corrected chi connectivity index (χ1v) is 8.44. The molecule has 0 spiro atoms. The van der Waals surface area contributed by atoms with Crippen molar-refractivity contribution in [2.24, 2.45) is 5.92 Å². The molecule has 0 aromatic heterocycles. The molecule has 1 aromatic carbocycles. The van der Waals surface area contributed by atoms with Crippen LogP contribution in [-0.2, 0) is 20.5 Å². The molecule has 10 heteroatoms. The minimum atomic E-state index is -4.91. The summed E-state index contributed by atoms with van der Waals surface area (Å²) in [5, 5.41) is 12.7. The predicted octanol–water partition coefficient (Wildman–Crippen LogP) is 4.06. The molecule has 1 aliphatic carbocycles. The van der Waals surface area contributed by atoms with Crippen LogP contribution in [0.1, 0.15) is 44.6 Å². The third kappa shape index (κ3) is 5.66. The summed E-state index contributed by atoms with van der Waals surface area (Å²) in [4.78, 5) is 33.7. The lowest BCUT2D eigenvalue weighted by Crippen LogP contribution is -2.31. The van der Waals surface area contributed by atoms with E-state index in [1.54, 1.807) is 0 Å². The van der Waals surface area contributed by atoms with Gasteiger partial charge in [0, 0.05) is 18.6 Å². The fourth-order valence-corrected chi connectivity index (χ4v) is 2.97. The van der Waals surface area contributed by atoms with E-state index in [0.29, 0.717) is 6.07 Å². The lowest BCUT2D eigenvalue weighted by Gasteiger charge is -2.17. The molecule has 0 unspecified atom stereocenters. The second kappa shape index (κ2) is 8.36. The predicted molar refractivity (Wildman–Crippen MR) is 88.9 cm³/mol. The number of hydrogen-bond acceptors (Lipinski definition) is 5. The minimum absolute atomic E-state index is 0.170. The number of carbonyl (C=O) groups is 2. The molecule has 1 fully saturated rings. The van der Waals surface area contributed by atoms with Gasteiger partial charge in [-0.2, -0.15) is 13.2 Å². The van der Waals surface area contributed by atoms with Crippen molar-refractivity contribution in [1.29, 1.82) is 0 Å². The molecule has 2 rings (SSSR count). The van der Waals surface area contributed by atoms with Crippen LogP contribution in [0, 0.1) is 16.0 Å². The number of amides is 1. The summed E-state index contributed by atoms with van der Waals surface area (Å²) in [6, 6.07) is 1.99. The highest BCUT2D eigenvalue weighted by Crippen LogP contribution is 2.37. The van der Waals surface area contributed by atoms with Crippen molar-refractivity contribution in [2.75, 3.05) is 5.32 Å². The van der Waals surface area contributed by atoms with E-state index in [1.165, 1.54) is 6.92 Å². The minimum Gasteiger partial charge on any atom is -0.453 e. The Labute approximate surface area is 153 Å². The highest BCUT2D eigenvalue weighted by molar-refractivity contribution is 5.96. The summed E-state index contributed by atoms with van der Waals surface area (Å²) in [6.45, 7) is 1.25. The largest absolute Gasteiger partial charge is 0.453 e. The molecule has 0 aliphatic heterocycles. The van der Waals surface area contributed by atoms with E-state index in [9.17, 15) is 32.9 Å². The second-order valence-corrected chi connectivity index (χ2v) is 6.46. The van der Waals surface area contributed by atoms with Crippen LogP contribution < -0.4 is 5.32 Å². The van der Waals surface area contributed by atoms with E-state index in [1.807, 2.05) is 5.32 Å². The fraction of sp³-hybridized carbons (Fsp3) is 0.529. The molecule has 1 aromatic rings. The van der Waals surface area contributed by atoms with Gasteiger partial charge in [-0.3, -0.25) is 19.7 Å². The van der Waals surface area contributed by atoms with E-state index in [2.05, 4.69) is 0 Å². The molecule has 1 N–H and O–H groups in total. The maximum Gasteiger partial charge on any atom is 0.418 e. The van der Waals surface area contributed by atoms with Gasteiger partial charge in [-0.25, -0.2) is 0 Å². The Hall–Kier alpha value is -2.65. The number of esters is 1. The van der Waals surface area contributed by atoms with Gasteiger partial charge in [-0.1, -0.05) is 12.8 Å². The van der Waals surface area contributed by atoms with Crippen molar-refractivity contribution in [3.63, 3.8) is 0 Å². The number of ether oxygens (including phenoxy) is 1. The molecule has 0 radical (unpaired) electrons.